The van der Waals surface area contributed by atoms with Gasteiger partial charge in [0.05, 0.1) is 21.5 Å². The van der Waals surface area contributed by atoms with Crippen LogP contribution in [0.2, 0.25) is 15.1 Å². The van der Waals surface area contributed by atoms with E-state index in [4.69, 9.17) is 39.9 Å². The Labute approximate surface area is 130 Å². The Morgan fingerprint density at radius 1 is 1.30 bits per heavy atom. The van der Waals surface area contributed by atoms with Crippen molar-refractivity contribution in [3.05, 3.63) is 27.0 Å². The summed E-state index contributed by atoms with van der Waals surface area (Å²) in [6.07, 6.45) is 2.83. The molecule has 0 bridgehead atoms. The van der Waals surface area contributed by atoms with Crippen LogP contribution in [0, 0.1) is 0 Å². The predicted octanol–water partition coefficient (Wildman–Crippen LogP) is 3.12. The number of carboxylic acid groups (broad SMARTS) is 1. The van der Waals surface area contributed by atoms with E-state index in [2.05, 4.69) is 4.98 Å². The van der Waals surface area contributed by atoms with Crippen LogP contribution in [-0.2, 0) is 4.79 Å². The molecule has 1 fully saturated rings. The van der Waals surface area contributed by atoms with Crippen molar-refractivity contribution in [2.45, 2.75) is 25.3 Å². The summed E-state index contributed by atoms with van der Waals surface area (Å²) in [5.41, 5.74) is -0.00152. The van der Waals surface area contributed by atoms with E-state index in [0.717, 1.165) is 12.8 Å². The second-order valence-electron chi connectivity index (χ2n) is 4.46. The van der Waals surface area contributed by atoms with Gasteiger partial charge in [0.2, 0.25) is 0 Å². The maximum Gasteiger partial charge on any atom is 0.305 e. The molecule has 1 N–H and O–H groups in total. The molecule has 1 aliphatic carbocycles. The molecule has 5 nitrogen and oxygen atoms in total. The number of carbonyl (C=O) groups excluding carboxylic acids is 1. The van der Waals surface area contributed by atoms with Gasteiger partial charge in [0.1, 0.15) is 5.69 Å². The van der Waals surface area contributed by atoms with Crippen LogP contribution < -0.4 is 0 Å². The van der Waals surface area contributed by atoms with Crippen molar-refractivity contribution < 1.29 is 14.7 Å². The van der Waals surface area contributed by atoms with Crippen molar-refractivity contribution in [3.63, 3.8) is 0 Å². The van der Waals surface area contributed by atoms with E-state index in [9.17, 15) is 9.59 Å². The number of hydrogen-bond acceptors (Lipinski definition) is 3. The van der Waals surface area contributed by atoms with E-state index >= 15 is 0 Å². The van der Waals surface area contributed by atoms with E-state index in [1.54, 1.807) is 0 Å². The fraction of sp³-hybridized carbons (Fsp3) is 0.417. The molecular formula is C12H11Cl3N2O3. The third-order valence-corrected chi connectivity index (χ3v) is 4.18. The summed E-state index contributed by atoms with van der Waals surface area (Å²) in [5, 5.41) is 8.96. The zero-order valence-electron chi connectivity index (χ0n) is 10.3. The summed E-state index contributed by atoms with van der Waals surface area (Å²) in [7, 11) is 0. The summed E-state index contributed by atoms with van der Waals surface area (Å²) in [4.78, 5) is 28.4. The molecule has 1 amide bonds. The molecule has 2 rings (SSSR count). The van der Waals surface area contributed by atoms with Gasteiger partial charge in [-0.05, 0) is 12.8 Å². The van der Waals surface area contributed by atoms with Crippen LogP contribution in [0.3, 0.4) is 0 Å². The number of amides is 1. The van der Waals surface area contributed by atoms with Crippen LogP contribution in [0.25, 0.3) is 0 Å². The highest BCUT2D eigenvalue weighted by Crippen LogP contribution is 2.34. The van der Waals surface area contributed by atoms with Gasteiger partial charge in [0, 0.05) is 18.8 Å². The highest BCUT2D eigenvalue weighted by molar-refractivity contribution is 6.48. The Kier molecular flexibility index (Phi) is 4.73. The normalized spacial score (nSPS) is 14.2. The first-order chi connectivity index (χ1) is 9.41. The van der Waals surface area contributed by atoms with Crippen molar-refractivity contribution >= 4 is 46.7 Å². The number of pyridine rings is 1. The molecule has 0 radical (unpaired) electrons. The number of carboxylic acids is 1. The molecule has 0 spiro atoms. The van der Waals surface area contributed by atoms with E-state index in [1.807, 2.05) is 0 Å². The molecule has 0 saturated heterocycles. The zero-order chi connectivity index (χ0) is 14.9. The lowest BCUT2D eigenvalue weighted by Gasteiger charge is -2.21. The highest BCUT2D eigenvalue weighted by Gasteiger charge is 2.34. The number of aromatic nitrogens is 1. The molecule has 1 aromatic rings. The summed E-state index contributed by atoms with van der Waals surface area (Å²) >= 11 is 17.6. The molecule has 1 heterocycles. The number of aliphatic carboxylic acids is 1. The number of rotatable bonds is 5. The van der Waals surface area contributed by atoms with Gasteiger partial charge in [-0.2, -0.15) is 0 Å². The van der Waals surface area contributed by atoms with E-state index in [-0.39, 0.29) is 39.8 Å². The van der Waals surface area contributed by atoms with Gasteiger partial charge in [-0.25, -0.2) is 4.98 Å². The van der Waals surface area contributed by atoms with Crippen molar-refractivity contribution in [1.29, 1.82) is 0 Å². The number of hydrogen-bond donors (Lipinski definition) is 1. The van der Waals surface area contributed by atoms with Crippen LogP contribution in [-0.4, -0.2) is 39.5 Å². The van der Waals surface area contributed by atoms with Crippen molar-refractivity contribution in [2.24, 2.45) is 0 Å². The Hall–Kier alpha value is -1.04. The second-order valence-corrected chi connectivity index (χ2v) is 5.62. The average Bonchev–Trinajstić information content (AvgIpc) is 3.20. The summed E-state index contributed by atoms with van der Waals surface area (Å²) in [6.45, 7) is 0.122. The molecule has 0 aromatic carbocycles. The number of nitrogens with zero attached hydrogens (tertiary/aromatic N) is 2. The standard InChI is InChI=1S/C12H11Cl3N2O3/c13-7-5-16-11(10(15)9(7)14)12(20)17(6-1-2-6)4-3-8(18)19/h5-6H,1-4H2,(H,18,19). The van der Waals surface area contributed by atoms with Crippen molar-refractivity contribution in [2.75, 3.05) is 6.54 Å². The third kappa shape index (κ3) is 3.34. The summed E-state index contributed by atoms with van der Waals surface area (Å²) < 4.78 is 0. The quantitative estimate of drug-likeness (QED) is 0.896. The van der Waals surface area contributed by atoms with Crippen LogP contribution >= 0.6 is 34.8 Å². The molecule has 108 valence electrons. The Bertz CT molecular complexity index is 561. The molecular weight excluding hydrogens is 327 g/mol. The molecule has 8 heteroatoms. The predicted molar refractivity (Wildman–Crippen MR) is 75.6 cm³/mol. The lowest BCUT2D eigenvalue weighted by molar-refractivity contribution is -0.137. The van der Waals surface area contributed by atoms with Crippen LogP contribution in [0.15, 0.2) is 6.20 Å². The first kappa shape index (κ1) is 15.4. The van der Waals surface area contributed by atoms with Crippen molar-refractivity contribution in [3.8, 4) is 0 Å². The van der Waals surface area contributed by atoms with E-state index in [1.165, 1.54) is 11.1 Å². The highest BCUT2D eigenvalue weighted by atomic mass is 35.5. The summed E-state index contributed by atoms with van der Waals surface area (Å²) in [6, 6.07) is 0.0502. The maximum atomic E-state index is 12.4. The Morgan fingerprint density at radius 2 is 1.95 bits per heavy atom. The van der Waals surface area contributed by atoms with Crippen LogP contribution in [0.1, 0.15) is 29.8 Å². The molecule has 0 aliphatic heterocycles. The SMILES string of the molecule is O=C(O)CCN(C(=O)c1ncc(Cl)c(Cl)c1Cl)C1CC1. The fourth-order valence-electron chi connectivity index (χ4n) is 1.78. The lowest BCUT2D eigenvalue weighted by Crippen LogP contribution is -2.35. The van der Waals surface area contributed by atoms with Gasteiger partial charge in [-0.1, -0.05) is 34.8 Å². The third-order valence-electron chi connectivity index (χ3n) is 2.93. The first-order valence-electron chi connectivity index (χ1n) is 5.94. The van der Waals surface area contributed by atoms with Gasteiger partial charge >= 0.3 is 5.97 Å². The van der Waals surface area contributed by atoms with E-state index in [0.29, 0.717) is 0 Å². The molecule has 20 heavy (non-hydrogen) atoms. The maximum absolute atomic E-state index is 12.4. The first-order valence-corrected chi connectivity index (χ1v) is 7.07. The summed E-state index contributed by atoms with van der Waals surface area (Å²) in [5.74, 6) is -1.38. The zero-order valence-corrected chi connectivity index (χ0v) is 12.5. The van der Waals surface area contributed by atoms with Crippen molar-refractivity contribution in [1.82, 2.24) is 9.88 Å². The second kappa shape index (κ2) is 6.16. The van der Waals surface area contributed by atoms with Gasteiger partial charge < -0.3 is 10.0 Å². The van der Waals surface area contributed by atoms with Crippen LogP contribution in [0.5, 0.6) is 0 Å². The molecule has 1 aliphatic rings. The van der Waals surface area contributed by atoms with Gasteiger partial charge in [-0.15, -0.1) is 0 Å². The molecule has 1 saturated carbocycles. The Morgan fingerprint density at radius 3 is 2.50 bits per heavy atom. The van der Waals surface area contributed by atoms with Gasteiger partial charge in [0.25, 0.3) is 5.91 Å². The molecule has 0 atom stereocenters. The smallest absolute Gasteiger partial charge is 0.305 e. The molecule has 0 unspecified atom stereocenters. The fourth-order valence-corrected chi connectivity index (χ4v) is 2.34. The molecule has 1 aromatic heterocycles. The minimum atomic E-state index is -0.961. The minimum absolute atomic E-state index is 0.00152. The average molecular weight is 338 g/mol. The van der Waals surface area contributed by atoms with Gasteiger partial charge in [-0.3, -0.25) is 9.59 Å². The van der Waals surface area contributed by atoms with E-state index < -0.39 is 11.9 Å². The lowest BCUT2D eigenvalue weighted by atomic mass is 10.2. The number of carbonyl (C=O) groups is 2. The monoisotopic (exact) mass is 336 g/mol. The number of halogens is 3. The van der Waals surface area contributed by atoms with Gasteiger partial charge in [0.15, 0.2) is 0 Å². The largest absolute Gasteiger partial charge is 0.481 e. The minimum Gasteiger partial charge on any atom is -0.481 e. The van der Waals surface area contributed by atoms with Crippen LogP contribution in [0.4, 0.5) is 0 Å². The Balaban J connectivity index is 2.23. The topological polar surface area (TPSA) is 70.5 Å².